The molecule has 3 amide bonds. The lowest BCUT2D eigenvalue weighted by Gasteiger charge is -2.13. The van der Waals surface area contributed by atoms with E-state index in [1.807, 2.05) is 12.1 Å². The van der Waals surface area contributed by atoms with Crippen LogP contribution < -0.4 is 14.8 Å². The molecule has 1 heterocycles. The molecule has 0 atom stereocenters. The molecule has 1 aliphatic heterocycles. The Bertz CT molecular complexity index is 987. The normalized spacial score (nSPS) is 14.9. The van der Waals surface area contributed by atoms with Crippen LogP contribution in [0.1, 0.15) is 11.1 Å². The van der Waals surface area contributed by atoms with Gasteiger partial charge in [-0.3, -0.25) is 9.69 Å². The number of hydrogen-bond donors (Lipinski definition) is 1. The highest BCUT2D eigenvalue weighted by molar-refractivity contribution is 6.32. The van der Waals surface area contributed by atoms with Crippen LogP contribution in [-0.4, -0.2) is 30.5 Å². The standard InChI is InChI=1S/C21H18Cl2N2O4/c1-3-8-25-20(26)17(24-21(25)27)10-14-9-16(23)19(18(11-14)28-2)29-12-13-4-6-15(22)7-5-13/h3-7,9-11H,1,8,12H2,2H3,(H,24,27)/b17-10+. The molecule has 1 aliphatic rings. The van der Waals surface area contributed by atoms with Gasteiger partial charge in [0.25, 0.3) is 5.91 Å². The van der Waals surface area contributed by atoms with Gasteiger partial charge >= 0.3 is 6.03 Å². The van der Waals surface area contributed by atoms with Gasteiger partial charge in [0, 0.05) is 11.6 Å². The largest absolute Gasteiger partial charge is 0.493 e. The van der Waals surface area contributed by atoms with E-state index >= 15 is 0 Å². The first-order valence-corrected chi connectivity index (χ1v) is 9.38. The smallest absolute Gasteiger partial charge is 0.329 e. The Hall–Kier alpha value is -2.96. The number of halogens is 2. The summed E-state index contributed by atoms with van der Waals surface area (Å²) in [5.41, 5.74) is 1.64. The summed E-state index contributed by atoms with van der Waals surface area (Å²) in [6.45, 7) is 3.95. The fourth-order valence-corrected chi connectivity index (χ4v) is 3.13. The van der Waals surface area contributed by atoms with Crippen LogP contribution in [0.4, 0.5) is 4.79 Å². The van der Waals surface area contributed by atoms with Crippen LogP contribution in [0.25, 0.3) is 6.08 Å². The molecular formula is C21H18Cl2N2O4. The van der Waals surface area contributed by atoms with Gasteiger partial charge in [-0.05, 0) is 41.5 Å². The molecule has 6 nitrogen and oxygen atoms in total. The number of carbonyl (C=O) groups excluding carboxylic acids is 2. The topological polar surface area (TPSA) is 67.9 Å². The van der Waals surface area contributed by atoms with Crippen molar-refractivity contribution < 1.29 is 19.1 Å². The summed E-state index contributed by atoms with van der Waals surface area (Å²) in [5.74, 6) is 0.340. The van der Waals surface area contributed by atoms with E-state index in [4.69, 9.17) is 32.7 Å². The summed E-state index contributed by atoms with van der Waals surface area (Å²) in [4.78, 5) is 25.3. The maximum atomic E-state index is 12.3. The predicted octanol–water partition coefficient (Wildman–Crippen LogP) is 4.66. The van der Waals surface area contributed by atoms with Gasteiger partial charge < -0.3 is 14.8 Å². The highest BCUT2D eigenvalue weighted by Gasteiger charge is 2.32. The van der Waals surface area contributed by atoms with Gasteiger partial charge in [0.15, 0.2) is 11.5 Å². The third kappa shape index (κ3) is 4.72. The number of benzene rings is 2. The van der Waals surface area contributed by atoms with Crippen molar-refractivity contribution in [2.45, 2.75) is 6.61 Å². The quantitative estimate of drug-likeness (QED) is 0.392. The molecular weight excluding hydrogens is 415 g/mol. The summed E-state index contributed by atoms with van der Waals surface area (Å²) in [6, 6.07) is 10.1. The van der Waals surface area contributed by atoms with Crippen LogP contribution in [0.3, 0.4) is 0 Å². The van der Waals surface area contributed by atoms with Crippen LogP contribution in [-0.2, 0) is 11.4 Å². The number of urea groups is 1. The van der Waals surface area contributed by atoms with E-state index in [1.54, 1.807) is 24.3 Å². The summed E-state index contributed by atoms with van der Waals surface area (Å²) in [5, 5.41) is 3.49. The third-order valence-corrected chi connectivity index (χ3v) is 4.67. The molecule has 0 aromatic heterocycles. The van der Waals surface area contributed by atoms with E-state index in [0.717, 1.165) is 10.5 Å². The van der Waals surface area contributed by atoms with Gasteiger partial charge in [-0.25, -0.2) is 4.79 Å². The Morgan fingerprint density at radius 2 is 1.90 bits per heavy atom. The van der Waals surface area contributed by atoms with E-state index in [1.165, 1.54) is 19.3 Å². The fraction of sp³-hybridized carbons (Fsp3) is 0.143. The Balaban J connectivity index is 1.83. The number of carbonyl (C=O) groups is 2. The van der Waals surface area contributed by atoms with Crippen molar-refractivity contribution in [1.29, 1.82) is 0 Å². The molecule has 0 radical (unpaired) electrons. The van der Waals surface area contributed by atoms with E-state index in [0.29, 0.717) is 27.1 Å². The molecule has 29 heavy (non-hydrogen) atoms. The Kier molecular flexibility index (Phi) is 6.46. The van der Waals surface area contributed by atoms with Crippen LogP contribution in [0.2, 0.25) is 10.0 Å². The number of methoxy groups -OCH3 is 1. The second kappa shape index (κ2) is 9.03. The molecule has 0 bridgehead atoms. The van der Waals surface area contributed by atoms with E-state index in [2.05, 4.69) is 11.9 Å². The molecule has 150 valence electrons. The molecule has 3 rings (SSSR count). The molecule has 0 saturated carbocycles. The molecule has 0 aliphatic carbocycles. The minimum Gasteiger partial charge on any atom is -0.493 e. The monoisotopic (exact) mass is 432 g/mol. The number of amides is 3. The zero-order valence-electron chi connectivity index (χ0n) is 15.6. The first-order valence-electron chi connectivity index (χ1n) is 8.63. The molecule has 0 spiro atoms. The zero-order chi connectivity index (χ0) is 21.0. The van der Waals surface area contributed by atoms with Gasteiger partial charge in [-0.2, -0.15) is 0 Å². The fourth-order valence-electron chi connectivity index (χ4n) is 2.73. The van der Waals surface area contributed by atoms with Crippen molar-refractivity contribution in [3.8, 4) is 11.5 Å². The van der Waals surface area contributed by atoms with Crippen LogP contribution in [0.15, 0.2) is 54.8 Å². The highest BCUT2D eigenvalue weighted by Crippen LogP contribution is 2.37. The van der Waals surface area contributed by atoms with Gasteiger partial charge in [0.2, 0.25) is 0 Å². The van der Waals surface area contributed by atoms with Crippen molar-refractivity contribution in [3.05, 3.63) is 75.9 Å². The van der Waals surface area contributed by atoms with Crippen molar-refractivity contribution in [3.63, 3.8) is 0 Å². The molecule has 2 aromatic rings. The van der Waals surface area contributed by atoms with Crippen molar-refractivity contribution >= 4 is 41.2 Å². The minimum absolute atomic E-state index is 0.129. The maximum absolute atomic E-state index is 12.3. The number of rotatable bonds is 7. The van der Waals surface area contributed by atoms with E-state index in [-0.39, 0.29) is 18.8 Å². The molecule has 0 unspecified atom stereocenters. The maximum Gasteiger partial charge on any atom is 0.329 e. The first kappa shape index (κ1) is 20.8. The second-order valence-electron chi connectivity index (χ2n) is 6.14. The molecule has 1 saturated heterocycles. The number of hydrogen-bond acceptors (Lipinski definition) is 4. The molecule has 2 aromatic carbocycles. The summed E-state index contributed by atoms with van der Waals surface area (Å²) >= 11 is 12.3. The summed E-state index contributed by atoms with van der Waals surface area (Å²) in [7, 11) is 1.49. The lowest BCUT2D eigenvalue weighted by Crippen LogP contribution is -2.30. The lowest BCUT2D eigenvalue weighted by molar-refractivity contribution is -0.122. The SMILES string of the molecule is C=CCN1C(=O)N/C(=C/c2cc(Cl)c(OCc3ccc(Cl)cc3)c(OC)c2)C1=O. The molecule has 8 heteroatoms. The van der Waals surface area contributed by atoms with Crippen molar-refractivity contribution in [2.24, 2.45) is 0 Å². The number of nitrogens with zero attached hydrogens (tertiary/aromatic N) is 1. The number of imide groups is 1. The first-order chi connectivity index (χ1) is 13.9. The Morgan fingerprint density at radius 3 is 2.55 bits per heavy atom. The lowest BCUT2D eigenvalue weighted by atomic mass is 10.1. The van der Waals surface area contributed by atoms with E-state index < -0.39 is 11.9 Å². The highest BCUT2D eigenvalue weighted by atomic mass is 35.5. The third-order valence-electron chi connectivity index (χ3n) is 4.13. The van der Waals surface area contributed by atoms with Crippen LogP contribution >= 0.6 is 23.2 Å². The zero-order valence-corrected chi connectivity index (χ0v) is 17.1. The second-order valence-corrected chi connectivity index (χ2v) is 6.99. The van der Waals surface area contributed by atoms with Crippen molar-refractivity contribution in [2.75, 3.05) is 13.7 Å². The Labute approximate surface area is 178 Å². The van der Waals surface area contributed by atoms with Crippen molar-refractivity contribution in [1.82, 2.24) is 10.2 Å². The van der Waals surface area contributed by atoms with Gasteiger partial charge in [0.1, 0.15) is 12.3 Å². The molecule has 1 N–H and O–H groups in total. The van der Waals surface area contributed by atoms with E-state index in [9.17, 15) is 9.59 Å². The summed E-state index contributed by atoms with van der Waals surface area (Å²) < 4.78 is 11.2. The van der Waals surface area contributed by atoms with Gasteiger partial charge in [0.05, 0.1) is 12.1 Å². The predicted molar refractivity (Wildman–Crippen MR) is 112 cm³/mol. The minimum atomic E-state index is -0.498. The Morgan fingerprint density at radius 1 is 1.17 bits per heavy atom. The number of nitrogens with one attached hydrogen (secondary N) is 1. The number of ether oxygens (including phenoxy) is 2. The molecule has 1 fully saturated rings. The summed E-state index contributed by atoms with van der Waals surface area (Å²) in [6.07, 6.45) is 3.01. The van der Waals surface area contributed by atoms with Gasteiger partial charge in [-0.15, -0.1) is 6.58 Å². The van der Waals surface area contributed by atoms with Crippen LogP contribution in [0.5, 0.6) is 11.5 Å². The average Bonchev–Trinajstić information content (AvgIpc) is 2.96. The van der Waals surface area contributed by atoms with Gasteiger partial charge in [-0.1, -0.05) is 41.4 Å². The average molecular weight is 433 g/mol. The van der Waals surface area contributed by atoms with Crippen LogP contribution in [0, 0.1) is 0 Å².